The molecule has 0 fully saturated rings. The van der Waals surface area contributed by atoms with Gasteiger partial charge in [0.05, 0.1) is 6.10 Å². The van der Waals surface area contributed by atoms with Crippen molar-refractivity contribution in [2.24, 2.45) is 0 Å². The Morgan fingerprint density at radius 3 is 2.55 bits per heavy atom. The molecule has 0 aliphatic heterocycles. The highest BCUT2D eigenvalue weighted by molar-refractivity contribution is 9.10. The van der Waals surface area contributed by atoms with Crippen LogP contribution in [0.4, 0.5) is 0 Å². The van der Waals surface area contributed by atoms with Crippen molar-refractivity contribution in [1.29, 1.82) is 0 Å². The lowest BCUT2D eigenvalue weighted by atomic mass is 10.0. The van der Waals surface area contributed by atoms with E-state index >= 15 is 0 Å². The van der Waals surface area contributed by atoms with Crippen LogP contribution in [0.5, 0.6) is 5.75 Å². The summed E-state index contributed by atoms with van der Waals surface area (Å²) in [4.78, 5) is 0. The molecule has 106 valence electrons. The third kappa shape index (κ3) is 4.51. The van der Waals surface area contributed by atoms with Gasteiger partial charge in [0.1, 0.15) is 11.9 Å². The summed E-state index contributed by atoms with van der Waals surface area (Å²) in [5.74, 6) is 0.667. The molecule has 0 bridgehead atoms. The van der Waals surface area contributed by atoms with Gasteiger partial charge >= 0.3 is 0 Å². The predicted molar refractivity (Wildman–Crippen MR) is 85.4 cm³/mol. The Kier molecular flexibility index (Phi) is 5.46. The van der Waals surface area contributed by atoms with Crippen LogP contribution >= 0.6 is 27.5 Å². The molecule has 0 spiro atoms. The van der Waals surface area contributed by atoms with Gasteiger partial charge < -0.3 is 9.84 Å². The summed E-state index contributed by atoms with van der Waals surface area (Å²) in [5.41, 5.74) is 1.07. The van der Waals surface area contributed by atoms with Gasteiger partial charge in [-0.25, -0.2) is 0 Å². The van der Waals surface area contributed by atoms with E-state index in [0.29, 0.717) is 17.2 Å². The summed E-state index contributed by atoms with van der Waals surface area (Å²) in [5, 5.41) is 10.8. The van der Waals surface area contributed by atoms with Gasteiger partial charge in [0, 0.05) is 15.9 Å². The first kappa shape index (κ1) is 15.4. The molecule has 2 atom stereocenters. The Labute approximate surface area is 132 Å². The normalized spacial score (nSPS) is 13.8. The highest BCUT2D eigenvalue weighted by Crippen LogP contribution is 2.20. The van der Waals surface area contributed by atoms with Gasteiger partial charge in [-0.1, -0.05) is 45.7 Å². The van der Waals surface area contributed by atoms with Crippen molar-refractivity contribution in [2.75, 3.05) is 0 Å². The van der Waals surface area contributed by atoms with Crippen molar-refractivity contribution in [3.63, 3.8) is 0 Å². The van der Waals surface area contributed by atoms with Crippen molar-refractivity contribution in [3.8, 4) is 5.75 Å². The summed E-state index contributed by atoms with van der Waals surface area (Å²) in [7, 11) is 0. The van der Waals surface area contributed by atoms with Crippen LogP contribution in [0.2, 0.25) is 5.02 Å². The molecule has 0 aliphatic rings. The molecule has 2 unspecified atom stereocenters. The molecule has 0 saturated heterocycles. The van der Waals surface area contributed by atoms with Crippen LogP contribution in [0, 0.1) is 0 Å². The van der Waals surface area contributed by atoms with Crippen molar-refractivity contribution >= 4 is 27.5 Å². The van der Waals surface area contributed by atoms with Crippen molar-refractivity contribution in [2.45, 2.75) is 25.6 Å². The zero-order chi connectivity index (χ0) is 14.5. The Morgan fingerprint density at radius 2 is 1.90 bits per heavy atom. The third-order valence-corrected chi connectivity index (χ3v) is 3.78. The van der Waals surface area contributed by atoms with Crippen LogP contribution in [0.15, 0.2) is 53.0 Å². The molecule has 0 radical (unpaired) electrons. The van der Waals surface area contributed by atoms with Gasteiger partial charge in [-0.2, -0.15) is 0 Å². The van der Waals surface area contributed by atoms with Crippen LogP contribution in [-0.2, 0) is 6.42 Å². The zero-order valence-electron chi connectivity index (χ0n) is 11.1. The minimum absolute atomic E-state index is 0.308. The van der Waals surface area contributed by atoms with Gasteiger partial charge in [0.25, 0.3) is 0 Å². The average molecular weight is 356 g/mol. The Hall–Kier alpha value is -1.03. The first-order valence-corrected chi connectivity index (χ1v) is 7.56. The summed E-state index contributed by atoms with van der Waals surface area (Å²) < 4.78 is 6.74. The zero-order valence-corrected chi connectivity index (χ0v) is 13.4. The molecular formula is C16H16BrClO2. The quantitative estimate of drug-likeness (QED) is 0.857. The lowest BCUT2D eigenvalue weighted by Gasteiger charge is -2.20. The van der Waals surface area contributed by atoms with Crippen molar-refractivity contribution < 1.29 is 9.84 Å². The smallest absolute Gasteiger partial charge is 0.122 e. The van der Waals surface area contributed by atoms with Gasteiger partial charge in [0.15, 0.2) is 0 Å². The molecule has 2 nitrogen and oxygen atoms in total. The van der Waals surface area contributed by atoms with Crippen LogP contribution in [0.1, 0.15) is 12.5 Å². The Balaban J connectivity index is 1.94. The molecule has 0 aromatic heterocycles. The van der Waals surface area contributed by atoms with E-state index in [2.05, 4.69) is 15.9 Å². The summed E-state index contributed by atoms with van der Waals surface area (Å²) in [6, 6.07) is 15.1. The number of hydrogen-bond acceptors (Lipinski definition) is 2. The van der Waals surface area contributed by atoms with E-state index in [1.54, 1.807) is 12.1 Å². The molecule has 0 aliphatic carbocycles. The fourth-order valence-corrected chi connectivity index (χ4v) is 2.31. The summed E-state index contributed by atoms with van der Waals surface area (Å²) in [6.45, 7) is 1.85. The number of ether oxygens (including phenoxy) is 1. The van der Waals surface area contributed by atoms with Gasteiger partial charge in [-0.05, 0) is 42.8 Å². The van der Waals surface area contributed by atoms with Crippen LogP contribution in [0.3, 0.4) is 0 Å². The molecule has 1 N–H and O–H groups in total. The second kappa shape index (κ2) is 7.11. The molecule has 4 heteroatoms. The lowest BCUT2D eigenvalue weighted by Crippen LogP contribution is -2.30. The van der Waals surface area contributed by atoms with E-state index in [1.165, 1.54) is 0 Å². The number of benzene rings is 2. The van der Waals surface area contributed by atoms with Crippen LogP contribution in [-0.4, -0.2) is 17.3 Å². The number of aliphatic hydroxyl groups excluding tert-OH is 1. The van der Waals surface area contributed by atoms with Crippen LogP contribution in [0.25, 0.3) is 0 Å². The maximum absolute atomic E-state index is 10.2. The maximum Gasteiger partial charge on any atom is 0.122 e. The fraction of sp³-hybridized carbons (Fsp3) is 0.250. The number of halogens is 2. The third-order valence-electron chi connectivity index (χ3n) is 3.02. The molecule has 2 aromatic rings. The highest BCUT2D eigenvalue weighted by atomic mass is 79.9. The first-order chi connectivity index (χ1) is 9.54. The summed E-state index contributed by atoms with van der Waals surface area (Å²) in [6.07, 6.45) is -0.332. The Bertz CT molecular complexity index is 557. The number of aliphatic hydroxyl groups is 1. The number of hydrogen-bond donors (Lipinski definition) is 1. The Morgan fingerprint density at radius 1 is 1.20 bits per heavy atom. The van der Waals surface area contributed by atoms with E-state index in [9.17, 15) is 5.11 Å². The minimum Gasteiger partial charge on any atom is -0.488 e. The average Bonchev–Trinajstić information content (AvgIpc) is 2.41. The summed E-state index contributed by atoms with van der Waals surface area (Å²) >= 11 is 9.30. The lowest BCUT2D eigenvalue weighted by molar-refractivity contribution is 0.0479. The molecule has 2 rings (SSSR count). The second-order valence-electron chi connectivity index (χ2n) is 4.68. The number of rotatable bonds is 5. The maximum atomic E-state index is 10.2. The largest absolute Gasteiger partial charge is 0.488 e. The van der Waals surface area contributed by atoms with Gasteiger partial charge in [-0.15, -0.1) is 0 Å². The molecule has 2 aromatic carbocycles. The van der Waals surface area contributed by atoms with E-state index in [1.807, 2.05) is 43.3 Å². The van der Waals surface area contributed by atoms with Crippen molar-refractivity contribution in [1.82, 2.24) is 0 Å². The van der Waals surface area contributed by atoms with Gasteiger partial charge in [0.2, 0.25) is 0 Å². The van der Waals surface area contributed by atoms with E-state index < -0.39 is 6.10 Å². The second-order valence-corrected chi connectivity index (χ2v) is 6.03. The molecular weight excluding hydrogens is 340 g/mol. The predicted octanol–water partition coefficient (Wildman–Crippen LogP) is 4.47. The van der Waals surface area contributed by atoms with E-state index in [4.69, 9.17) is 16.3 Å². The molecule has 20 heavy (non-hydrogen) atoms. The van der Waals surface area contributed by atoms with Crippen molar-refractivity contribution in [3.05, 3.63) is 63.6 Å². The highest BCUT2D eigenvalue weighted by Gasteiger charge is 2.16. The monoisotopic (exact) mass is 354 g/mol. The van der Waals surface area contributed by atoms with E-state index in [0.717, 1.165) is 10.0 Å². The van der Waals surface area contributed by atoms with Gasteiger partial charge in [-0.3, -0.25) is 0 Å². The fourth-order valence-electron chi connectivity index (χ4n) is 1.86. The minimum atomic E-state index is -0.574. The van der Waals surface area contributed by atoms with E-state index in [-0.39, 0.29) is 6.10 Å². The molecule has 0 amide bonds. The van der Waals surface area contributed by atoms with Crippen LogP contribution < -0.4 is 4.74 Å². The standard InChI is InChI=1S/C16H16BrClO2/c1-11(20-15-4-2-3-14(18)10-15)16(19)9-12-5-7-13(17)8-6-12/h2-8,10-11,16,19H,9H2,1H3. The molecule has 0 saturated carbocycles. The SMILES string of the molecule is CC(Oc1cccc(Cl)c1)C(O)Cc1ccc(Br)cc1. The topological polar surface area (TPSA) is 29.5 Å². The molecule has 0 heterocycles. The first-order valence-electron chi connectivity index (χ1n) is 6.39.